The first-order valence-electron chi connectivity index (χ1n) is 3.92. The van der Waals surface area contributed by atoms with Gasteiger partial charge >= 0.3 is 0 Å². The topological polar surface area (TPSA) is 26.0 Å². The molecule has 0 saturated heterocycles. The van der Waals surface area contributed by atoms with Crippen LogP contribution in [-0.2, 0) is 0 Å². The van der Waals surface area contributed by atoms with E-state index in [1.165, 1.54) is 25.7 Å². The molecule has 2 atom stereocenters. The number of hydrogen-bond acceptors (Lipinski definition) is 1. The van der Waals surface area contributed by atoms with E-state index in [1.54, 1.807) is 0 Å². The minimum atomic E-state index is 0.495. The van der Waals surface area contributed by atoms with Crippen LogP contribution in [0.4, 0.5) is 0 Å². The average Bonchev–Trinajstić information content (AvgIpc) is 2.13. The van der Waals surface area contributed by atoms with Gasteiger partial charge in [0.15, 0.2) is 0 Å². The Morgan fingerprint density at radius 1 is 1.67 bits per heavy atom. The first-order valence-corrected chi connectivity index (χ1v) is 3.92. The smallest absolute Gasteiger partial charge is 0.00442 e. The van der Waals surface area contributed by atoms with E-state index in [2.05, 4.69) is 13.8 Å². The normalized spacial score (nSPS) is 43.7. The van der Waals surface area contributed by atoms with Crippen LogP contribution < -0.4 is 5.73 Å². The fraction of sp³-hybridized carbons (Fsp3) is 1.00. The molecule has 2 unspecified atom stereocenters. The Labute approximate surface area is 57.6 Å². The zero-order valence-corrected chi connectivity index (χ0v) is 6.48. The molecule has 0 amide bonds. The highest BCUT2D eigenvalue weighted by Gasteiger charge is 2.31. The van der Waals surface area contributed by atoms with Crippen LogP contribution in [-0.4, -0.2) is 6.04 Å². The van der Waals surface area contributed by atoms with E-state index in [-0.39, 0.29) is 0 Å². The molecule has 1 fully saturated rings. The molecule has 1 rings (SSSR count). The summed E-state index contributed by atoms with van der Waals surface area (Å²) in [6.07, 6.45) is 5.11. The SMILES string of the molecule is CCC1(C)CCC(N)C1. The lowest BCUT2D eigenvalue weighted by atomic mass is 9.86. The Hall–Kier alpha value is -0.0400. The molecule has 54 valence electrons. The van der Waals surface area contributed by atoms with Gasteiger partial charge in [-0.25, -0.2) is 0 Å². The van der Waals surface area contributed by atoms with Crippen molar-refractivity contribution in [3.8, 4) is 0 Å². The second kappa shape index (κ2) is 2.30. The van der Waals surface area contributed by atoms with Gasteiger partial charge in [0.05, 0.1) is 0 Å². The summed E-state index contributed by atoms with van der Waals surface area (Å²) in [6, 6.07) is 0.495. The molecule has 1 saturated carbocycles. The monoisotopic (exact) mass is 127 g/mol. The highest BCUT2D eigenvalue weighted by Crippen LogP contribution is 2.39. The van der Waals surface area contributed by atoms with Crippen molar-refractivity contribution >= 4 is 0 Å². The summed E-state index contributed by atoms with van der Waals surface area (Å²) in [7, 11) is 0. The summed E-state index contributed by atoms with van der Waals surface area (Å²) in [5.41, 5.74) is 6.37. The van der Waals surface area contributed by atoms with E-state index in [0.717, 1.165) is 0 Å². The molecule has 0 aromatic carbocycles. The first kappa shape index (κ1) is 7.07. The van der Waals surface area contributed by atoms with Crippen LogP contribution in [0.3, 0.4) is 0 Å². The number of hydrogen-bond donors (Lipinski definition) is 1. The van der Waals surface area contributed by atoms with Gasteiger partial charge in [-0.15, -0.1) is 0 Å². The van der Waals surface area contributed by atoms with E-state index in [1.807, 2.05) is 0 Å². The fourth-order valence-corrected chi connectivity index (χ4v) is 1.69. The van der Waals surface area contributed by atoms with E-state index in [4.69, 9.17) is 5.73 Å². The number of rotatable bonds is 1. The predicted molar refractivity (Wildman–Crippen MR) is 40.2 cm³/mol. The second-order valence-electron chi connectivity index (χ2n) is 3.67. The molecule has 0 spiro atoms. The first-order chi connectivity index (χ1) is 4.16. The summed E-state index contributed by atoms with van der Waals surface area (Å²) < 4.78 is 0. The van der Waals surface area contributed by atoms with Gasteiger partial charge in [0, 0.05) is 6.04 Å². The van der Waals surface area contributed by atoms with Crippen molar-refractivity contribution in [3.05, 3.63) is 0 Å². The van der Waals surface area contributed by atoms with Crippen molar-refractivity contribution in [3.63, 3.8) is 0 Å². The van der Waals surface area contributed by atoms with Crippen molar-refractivity contribution in [2.75, 3.05) is 0 Å². The molecule has 2 N–H and O–H groups in total. The van der Waals surface area contributed by atoms with E-state index in [9.17, 15) is 0 Å². The third-order valence-electron chi connectivity index (χ3n) is 2.73. The summed E-state index contributed by atoms with van der Waals surface area (Å²) in [5.74, 6) is 0. The van der Waals surface area contributed by atoms with Gasteiger partial charge in [-0.05, 0) is 24.7 Å². The molecular formula is C8H17N. The Morgan fingerprint density at radius 3 is 2.56 bits per heavy atom. The molecule has 0 bridgehead atoms. The molecule has 1 aliphatic rings. The Kier molecular flexibility index (Phi) is 1.80. The molecule has 1 aliphatic carbocycles. The molecule has 0 aliphatic heterocycles. The lowest BCUT2D eigenvalue weighted by molar-refractivity contribution is 0.319. The molecule has 0 aromatic heterocycles. The van der Waals surface area contributed by atoms with Crippen LogP contribution in [0.1, 0.15) is 39.5 Å². The summed E-state index contributed by atoms with van der Waals surface area (Å²) in [5, 5.41) is 0. The minimum Gasteiger partial charge on any atom is -0.328 e. The second-order valence-corrected chi connectivity index (χ2v) is 3.67. The molecule has 1 heteroatoms. The molecule has 0 aromatic rings. The summed E-state index contributed by atoms with van der Waals surface area (Å²) >= 11 is 0. The van der Waals surface area contributed by atoms with Crippen LogP contribution >= 0.6 is 0 Å². The molecule has 9 heavy (non-hydrogen) atoms. The number of nitrogens with two attached hydrogens (primary N) is 1. The highest BCUT2D eigenvalue weighted by atomic mass is 14.7. The molecule has 1 nitrogen and oxygen atoms in total. The van der Waals surface area contributed by atoms with Crippen LogP contribution in [0.5, 0.6) is 0 Å². The van der Waals surface area contributed by atoms with E-state index in [0.29, 0.717) is 11.5 Å². The van der Waals surface area contributed by atoms with Gasteiger partial charge in [0.2, 0.25) is 0 Å². The molecular weight excluding hydrogens is 110 g/mol. The summed E-state index contributed by atoms with van der Waals surface area (Å²) in [4.78, 5) is 0. The molecule has 0 radical (unpaired) electrons. The zero-order chi connectivity index (χ0) is 6.91. The maximum atomic E-state index is 5.79. The van der Waals surface area contributed by atoms with Crippen LogP contribution in [0.2, 0.25) is 0 Å². The molecule has 0 heterocycles. The van der Waals surface area contributed by atoms with Crippen LogP contribution in [0, 0.1) is 5.41 Å². The maximum Gasteiger partial charge on any atom is 0.00442 e. The van der Waals surface area contributed by atoms with Gasteiger partial charge in [-0.2, -0.15) is 0 Å². The fourth-order valence-electron chi connectivity index (χ4n) is 1.69. The third-order valence-corrected chi connectivity index (χ3v) is 2.73. The van der Waals surface area contributed by atoms with Gasteiger partial charge in [-0.1, -0.05) is 20.3 Å². The Bertz CT molecular complexity index is 101. The van der Waals surface area contributed by atoms with Gasteiger partial charge in [0.1, 0.15) is 0 Å². The predicted octanol–water partition coefficient (Wildman–Crippen LogP) is 1.91. The van der Waals surface area contributed by atoms with Crippen molar-refractivity contribution in [1.29, 1.82) is 0 Å². The Morgan fingerprint density at radius 2 is 2.33 bits per heavy atom. The van der Waals surface area contributed by atoms with Crippen LogP contribution in [0.15, 0.2) is 0 Å². The van der Waals surface area contributed by atoms with Crippen LogP contribution in [0.25, 0.3) is 0 Å². The lowest BCUT2D eigenvalue weighted by Crippen LogP contribution is -2.18. The van der Waals surface area contributed by atoms with E-state index < -0.39 is 0 Å². The van der Waals surface area contributed by atoms with Crippen molar-refractivity contribution in [2.24, 2.45) is 11.1 Å². The standard InChI is InChI=1S/C8H17N/c1-3-8(2)5-4-7(9)6-8/h7H,3-6,9H2,1-2H3. The average molecular weight is 127 g/mol. The third kappa shape index (κ3) is 1.45. The zero-order valence-electron chi connectivity index (χ0n) is 6.48. The van der Waals surface area contributed by atoms with Gasteiger partial charge < -0.3 is 5.73 Å². The van der Waals surface area contributed by atoms with Gasteiger partial charge in [-0.3, -0.25) is 0 Å². The van der Waals surface area contributed by atoms with Gasteiger partial charge in [0.25, 0.3) is 0 Å². The highest BCUT2D eigenvalue weighted by molar-refractivity contribution is 4.86. The van der Waals surface area contributed by atoms with Crippen molar-refractivity contribution < 1.29 is 0 Å². The Balaban J connectivity index is 2.45. The van der Waals surface area contributed by atoms with Crippen molar-refractivity contribution in [2.45, 2.75) is 45.6 Å². The summed E-state index contributed by atoms with van der Waals surface area (Å²) in [6.45, 7) is 4.61. The largest absolute Gasteiger partial charge is 0.328 e. The van der Waals surface area contributed by atoms with E-state index >= 15 is 0 Å². The maximum absolute atomic E-state index is 5.79. The van der Waals surface area contributed by atoms with Crippen molar-refractivity contribution in [1.82, 2.24) is 0 Å². The lowest BCUT2D eigenvalue weighted by Gasteiger charge is -2.20. The quantitative estimate of drug-likeness (QED) is 0.572. The minimum absolute atomic E-state index is 0.495.